The molecule has 21 heavy (non-hydrogen) atoms. The van der Waals surface area contributed by atoms with Crippen LogP contribution in [0, 0.1) is 0 Å². The first-order chi connectivity index (χ1) is 9.87. The summed E-state index contributed by atoms with van der Waals surface area (Å²) < 4.78 is 23.1. The summed E-state index contributed by atoms with van der Waals surface area (Å²) in [7, 11) is -1.37. The van der Waals surface area contributed by atoms with E-state index in [1.54, 1.807) is 19.2 Å². The second-order valence-electron chi connectivity index (χ2n) is 5.36. The van der Waals surface area contributed by atoms with Crippen LogP contribution < -0.4 is 0 Å². The number of carbonyl (C=O) groups excluding carboxylic acids is 1. The van der Waals surface area contributed by atoms with Crippen LogP contribution in [0.5, 0.6) is 0 Å². The van der Waals surface area contributed by atoms with Gasteiger partial charge in [-0.25, -0.2) is 8.42 Å². The third-order valence-corrected chi connectivity index (χ3v) is 6.00. The zero-order valence-electron chi connectivity index (χ0n) is 11.5. The van der Waals surface area contributed by atoms with Crippen molar-refractivity contribution < 1.29 is 13.2 Å². The van der Waals surface area contributed by atoms with Crippen molar-refractivity contribution in [2.75, 3.05) is 18.6 Å². The Bertz CT molecular complexity index is 813. The number of nitrogens with zero attached hydrogens (tertiary/aromatic N) is 1. The van der Waals surface area contributed by atoms with Gasteiger partial charge >= 0.3 is 0 Å². The van der Waals surface area contributed by atoms with Crippen LogP contribution in [0.15, 0.2) is 24.3 Å². The molecule has 2 heterocycles. The van der Waals surface area contributed by atoms with Crippen LogP contribution >= 0.6 is 11.6 Å². The number of aromatic amines is 1. The summed E-state index contributed by atoms with van der Waals surface area (Å²) >= 11 is 6.09. The number of H-pyrrole nitrogens is 1. The predicted octanol–water partition coefficient (Wildman–Crippen LogP) is 2.08. The number of amides is 1. The highest BCUT2D eigenvalue weighted by Crippen LogP contribution is 2.25. The van der Waals surface area contributed by atoms with Gasteiger partial charge in [-0.1, -0.05) is 17.7 Å². The standard InChI is InChI=1S/C14H15ClN2O3S/c1-17(9-5-6-21(19,20)8-9)14(18)13-7-10-11(15)3-2-4-12(10)16-13/h2-4,7,9,16H,5-6,8H2,1H3. The number of rotatable bonds is 2. The Morgan fingerprint density at radius 1 is 1.43 bits per heavy atom. The van der Waals surface area contributed by atoms with Crippen LogP contribution in [-0.2, 0) is 9.84 Å². The fourth-order valence-corrected chi connectivity index (χ4v) is 4.67. The van der Waals surface area contributed by atoms with E-state index in [9.17, 15) is 13.2 Å². The largest absolute Gasteiger partial charge is 0.350 e. The fraction of sp³-hybridized carbons (Fsp3) is 0.357. The average molecular weight is 327 g/mol. The zero-order valence-corrected chi connectivity index (χ0v) is 13.0. The van der Waals surface area contributed by atoms with Gasteiger partial charge in [-0.05, 0) is 24.6 Å². The lowest BCUT2D eigenvalue weighted by Gasteiger charge is -2.22. The van der Waals surface area contributed by atoms with Crippen molar-refractivity contribution in [3.8, 4) is 0 Å². The summed E-state index contributed by atoms with van der Waals surface area (Å²) in [5.74, 6) is -0.0336. The molecule has 1 aliphatic heterocycles. The first-order valence-corrected chi connectivity index (χ1v) is 8.82. The first kappa shape index (κ1) is 14.4. The Balaban J connectivity index is 1.88. The molecule has 0 saturated carbocycles. The summed E-state index contributed by atoms with van der Waals surface area (Å²) in [5, 5.41) is 1.36. The van der Waals surface area contributed by atoms with Crippen LogP contribution in [0.25, 0.3) is 10.9 Å². The van der Waals surface area contributed by atoms with Gasteiger partial charge in [-0.2, -0.15) is 0 Å². The molecule has 112 valence electrons. The molecular formula is C14H15ClN2O3S. The molecule has 5 nitrogen and oxygen atoms in total. The highest BCUT2D eigenvalue weighted by molar-refractivity contribution is 7.91. The number of halogens is 1. The van der Waals surface area contributed by atoms with E-state index in [0.717, 1.165) is 10.9 Å². The Hall–Kier alpha value is -1.53. The molecule has 1 N–H and O–H groups in total. The van der Waals surface area contributed by atoms with Crippen molar-refractivity contribution in [3.63, 3.8) is 0 Å². The molecule has 0 radical (unpaired) electrons. The Morgan fingerprint density at radius 3 is 2.81 bits per heavy atom. The molecular weight excluding hydrogens is 312 g/mol. The smallest absolute Gasteiger partial charge is 0.270 e. The lowest BCUT2D eigenvalue weighted by molar-refractivity contribution is 0.0743. The van der Waals surface area contributed by atoms with Gasteiger partial charge in [0.1, 0.15) is 5.69 Å². The number of fused-ring (bicyclic) bond motifs is 1. The molecule has 1 atom stereocenters. The van der Waals surface area contributed by atoms with E-state index in [4.69, 9.17) is 11.6 Å². The number of hydrogen-bond donors (Lipinski definition) is 1. The number of sulfone groups is 1. The Labute approximate surface area is 127 Å². The van der Waals surface area contributed by atoms with Crippen molar-refractivity contribution in [2.24, 2.45) is 0 Å². The van der Waals surface area contributed by atoms with Gasteiger partial charge in [-0.15, -0.1) is 0 Å². The van der Waals surface area contributed by atoms with Gasteiger partial charge in [0.15, 0.2) is 9.84 Å². The summed E-state index contributed by atoms with van der Waals surface area (Å²) in [6.07, 6.45) is 0.492. The molecule has 1 unspecified atom stereocenters. The van der Waals surface area contributed by atoms with Crippen LogP contribution in [0.3, 0.4) is 0 Å². The number of benzene rings is 1. The third-order valence-electron chi connectivity index (χ3n) is 3.92. The quantitative estimate of drug-likeness (QED) is 0.918. The Kier molecular flexibility index (Phi) is 3.45. The van der Waals surface area contributed by atoms with Crippen molar-refractivity contribution >= 4 is 38.2 Å². The van der Waals surface area contributed by atoms with E-state index in [0.29, 0.717) is 17.1 Å². The second-order valence-corrected chi connectivity index (χ2v) is 7.99. The summed E-state index contributed by atoms with van der Waals surface area (Å²) in [5.41, 5.74) is 1.21. The third kappa shape index (κ3) is 2.65. The van der Waals surface area contributed by atoms with Crippen LogP contribution in [0.1, 0.15) is 16.9 Å². The molecule has 1 amide bonds. The van der Waals surface area contributed by atoms with E-state index >= 15 is 0 Å². The van der Waals surface area contributed by atoms with Crippen molar-refractivity contribution in [1.29, 1.82) is 0 Å². The maximum absolute atomic E-state index is 12.5. The van der Waals surface area contributed by atoms with E-state index in [-0.39, 0.29) is 23.5 Å². The second kappa shape index (κ2) is 5.03. The van der Waals surface area contributed by atoms with Gasteiger partial charge in [0.25, 0.3) is 5.91 Å². The molecule has 2 aromatic rings. The molecule has 1 aliphatic rings. The molecule has 1 saturated heterocycles. The monoisotopic (exact) mass is 326 g/mol. The molecule has 1 fully saturated rings. The van der Waals surface area contributed by atoms with Crippen molar-refractivity contribution in [2.45, 2.75) is 12.5 Å². The van der Waals surface area contributed by atoms with Gasteiger partial charge in [0.05, 0.1) is 11.5 Å². The molecule has 0 aliphatic carbocycles. The normalized spacial score (nSPS) is 20.8. The zero-order chi connectivity index (χ0) is 15.2. The highest BCUT2D eigenvalue weighted by atomic mass is 35.5. The minimum atomic E-state index is -3.01. The minimum absolute atomic E-state index is 0.0379. The van der Waals surface area contributed by atoms with E-state index < -0.39 is 9.84 Å². The van der Waals surface area contributed by atoms with Gasteiger partial charge in [0.2, 0.25) is 0 Å². The van der Waals surface area contributed by atoms with Crippen LogP contribution in [0.2, 0.25) is 5.02 Å². The van der Waals surface area contributed by atoms with Gasteiger partial charge in [0, 0.05) is 29.0 Å². The fourth-order valence-electron chi connectivity index (χ4n) is 2.67. The van der Waals surface area contributed by atoms with Crippen molar-refractivity contribution in [1.82, 2.24) is 9.88 Å². The van der Waals surface area contributed by atoms with E-state index in [1.807, 2.05) is 12.1 Å². The lowest BCUT2D eigenvalue weighted by atomic mass is 10.2. The van der Waals surface area contributed by atoms with E-state index in [1.165, 1.54) is 4.90 Å². The lowest BCUT2D eigenvalue weighted by Crippen LogP contribution is -2.37. The van der Waals surface area contributed by atoms with Gasteiger partial charge < -0.3 is 9.88 Å². The summed E-state index contributed by atoms with van der Waals surface area (Å²) in [4.78, 5) is 17.0. The molecule has 7 heteroatoms. The maximum Gasteiger partial charge on any atom is 0.270 e. The predicted molar refractivity (Wildman–Crippen MR) is 82.5 cm³/mol. The van der Waals surface area contributed by atoms with Crippen LogP contribution in [0.4, 0.5) is 0 Å². The molecule has 0 spiro atoms. The minimum Gasteiger partial charge on any atom is -0.350 e. The summed E-state index contributed by atoms with van der Waals surface area (Å²) in [6.45, 7) is 0. The number of nitrogens with one attached hydrogen (secondary N) is 1. The molecule has 1 aromatic heterocycles. The summed E-state index contributed by atoms with van der Waals surface area (Å²) in [6, 6.07) is 6.87. The van der Waals surface area contributed by atoms with Gasteiger partial charge in [-0.3, -0.25) is 4.79 Å². The SMILES string of the molecule is CN(C(=O)c1cc2c(Cl)cccc2[nH]1)C1CCS(=O)(=O)C1. The van der Waals surface area contributed by atoms with Crippen LogP contribution in [-0.4, -0.2) is 48.8 Å². The highest BCUT2D eigenvalue weighted by Gasteiger charge is 2.33. The first-order valence-electron chi connectivity index (χ1n) is 6.62. The van der Waals surface area contributed by atoms with E-state index in [2.05, 4.69) is 4.98 Å². The molecule has 1 aromatic carbocycles. The maximum atomic E-state index is 12.5. The Morgan fingerprint density at radius 2 is 2.19 bits per heavy atom. The number of carbonyl (C=O) groups is 1. The van der Waals surface area contributed by atoms with Crippen molar-refractivity contribution in [3.05, 3.63) is 35.0 Å². The molecule has 0 bridgehead atoms. The number of hydrogen-bond acceptors (Lipinski definition) is 3. The average Bonchev–Trinajstić information content (AvgIpc) is 3.01. The molecule has 3 rings (SSSR count). The topological polar surface area (TPSA) is 70.2 Å². The number of aromatic nitrogens is 1.